The number of ether oxygens (including phenoxy) is 1. The number of benzene rings is 2. The Morgan fingerprint density at radius 1 is 1.19 bits per heavy atom. The number of nitrogens with one attached hydrogen (secondary N) is 1. The minimum absolute atomic E-state index is 0.0504. The second-order valence-corrected chi connectivity index (χ2v) is 8.61. The highest BCUT2D eigenvalue weighted by atomic mass is 32.2. The van der Waals surface area contributed by atoms with Crippen LogP contribution in [0.2, 0.25) is 0 Å². The molecule has 0 unspecified atom stereocenters. The van der Waals surface area contributed by atoms with Gasteiger partial charge in [0.1, 0.15) is 11.4 Å². The van der Waals surface area contributed by atoms with E-state index in [4.69, 9.17) is 4.74 Å². The van der Waals surface area contributed by atoms with Crippen LogP contribution < -0.4 is 10.1 Å². The topological polar surface area (TPSA) is 116 Å². The van der Waals surface area contributed by atoms with Crippen molar-refractivity contribution in [2.75, 3.05) is 12.4 Å². The summed E-state index contributed by atoms with van der Waals surface area (Å²) in [6.07, 6.45) is -0.0504. The van der Waals surface area contributed by atoms with Crippen molar-refractivity contribution in [3.63, 3.8) is 0 Å². The van der Waals surface area contributed by atoms with Crippen molar-refractivity contribution in [1.29, 1.82) is 0 Å². The summed E-state index contributed by atoms with van der Waals surface area (Å²) >= 11 is 0. The molecule has 0 bridgehead atoms. The van der Waals surface area contributed by atoms with Crippen molar-refractivity contribution in [1.82, 2.24) is 0 Å². The number of hydrogen-bond acceptors (Lipinski definition) is 6. The standard InChI is InChI=1S/C18H20N2O6S/c1-12(2)27(24,25)15-7-4-13(5-8-15)10-18(21)19-16-9-6-14(26-3)11-17(16)20(22)23/h4-9,11-12H,10H2,1-3H3,(H,19,21). The summed E-state index contributed by atoms with van der Waals surface area (Å²) in [6, 6.07) is 10.1. The Morgan fingerprint density at radius 3 is 2.33 bits per heavy atom. The lowest BCUT2D eigenvalue weighted by Gasteiger charge is -2.09. The predicted molar refractivity (Wildman–Crippen MR) is 101 cm³/mol. The van der Waals surface area contributed by atoms with Gasteiger partial charge in [0.05, 0.1) is 34.7 Å². The molecule has 1 N–H and O–H groups in total. The molecule has 0 saturated heterocycles. The monoisotopic (exact) mass is 392 g/mol. The van der Waals surface area contributed by atoms with Gasteiger partial charge in [-0.05, 0) is 43.7 Å². The number of amides is 1. The molecule has 0 saturated carbocycles. The van der Waals surface area contributed by atoms with Crippen molar-refractivity contribution in [3.8, 4) is 5.75 Å². The van der Waals surface area contributed by atoms with E-state index in [0.29, 0.717) is 11.3 Å². The fraction of sp³-hybridized carbons (Fsp3) is 0.278. The SMILES string of the molecule is COc1ccc(NC(=O)Cc2ccc(S(=O)(=O)C(C)C)cc2)c([N+](=O)[O-])c1. The van der Waals surface area contributed by atoms with Gasteiger partial charge in [-0.25, -0.2) is 8.42 Å². The molecule has 0 aliphatic carbocycles. The quantitative estimate of drug-likeness (QED) is 0.572. The van der Waals surface area contributed by atoms with Crippen molar-refractivity contribution in [2.45, 2.75) is 30.4 Å². The van der Waals surface area contributed by atoms with Gasteiger partial charge in [0.15, 0.2) is 9.84 Å². The van der Waals surface area contributed by atoms with E-state index in [1.807, 2.05) is 0 Å². The molecule has 0 heterocycles. The molecule has 2 rings (SSSR count). The van der Waals surface area contributed by atoms with Crippen LogP contribution in [0.4, 0.5) is 11.4 Å². The lowest BCUT2D eigenvalue weighted by Crippen LogP contribution is -2.16. The van der Waals surface area contributed by atoms with Crippen LogP contribution in [0, 0.1) is 10.1 Å². The number of hydrogen-bond donors (Lipinski definition) is 1. The number of nitro groups is 1. The van der Waals surface area contributed by atoms with Crippen molar-refractivity contribution < 1.29 is 22.9 Å². The Kier molecular flexibility index (Phi) is 6.17. The molecule has 2 aromatic carbocycles. The first kappa shape index (κ1) is 20.4. The molecule has 0 aromatic heterocycles. The van der Waals surface area contributed by atoms with Crippen molar-refractivity contribution >= 4 is 27.1 Å². The smallest absolute Gasteiger partial charge is 0.296 e. The third-order valence-electron chi connectivity index (χ3n) is 3.91. The first-order valence-electron chi connectivity index (χ1n) is 8.10. The molecule has 27 heavy (non-hydrogen) atoms. The summed E-state index contributed by atoms with van der Waals surface area (Å²) in [6.45, 7) is 3.19. The summed E-state index contributed by atoms with van der Waals surface area (Å²) in [5.74, 6) is -0.149. The van der Waals surface area contributed by atoms with Crippen LogP contribution in [0.15, 0.2) is 47.4 Å². The Morgan fingerprint density at radius 2 is 1.81 bits per heavy atom. The largest absolute Gasteiger partial charge is 0.496 e. The van der Waals surface area contributed by atoms with Gasteiger partial charge in [0.25, 0.3) is 5.69 Å². The highest BCUT2D eigenvalue weighted by molar-refractivity contribution is 7.92. The maximum Gasteiger partial charge on any atom is 0.296 e. The average molecular weight is 392 g/mol. The van der Waals surface area contributed by atoms with Crippen LogP contribution in [0.3, 0.4) is 0 Å². The molecular weight excluding hydrogens is 372 g/mol. The second kappa shape index (κ2) is 8.17. The zero-order chi connectivity index (χ0) is 20.2. The fourth-order valence-corrected chi connectivity index (χ4v) is 3.40. The van der Waals surface area contributed by atoms with Gasteiger partial charge >= 0.3 is 0 Å². The van der Waals surface area contributed by atoms with Crippen LogP contribution in [0.1, 0.15) is 19.4 Å². The van der Waals surface area contributed by atoms with Gasteiger partial charge in [-0.3, -0.25) is 14.9 Å². The molecule has 1 amide bonds. The van der Waals surface area contributed by atoms with Gasteiger partial charge in [-0.2, -0.15) is 0 Å². The number of carbonyl (C=O) groups excluding carboxylic acids is 1. The third-order valence-corrected chi connectivity index (χ3v) is 6.08. The first-order valence-corrected chi connectivity index (χ1v) is 9.65. The summed E-state index contributed by atoms with van der Waals surface area (Å²) in [5, 5.41) is 13.1. The van der Waals surface area contributed by atoms with Gasteiger partial charge in [-0.15, -0.1) is 0 Å². The van der Waals surface area contributed by atoms with Crippen LogP contribution in [-0.2, 0) is 21.1 Å². The highest BCUT2D eigenvalue weighted by Crippen LogP contribution is 2.29. The zero-order valence-electron chi connectivity index (χ0n) is 15.1. The second-order valence-electron chi connectivity index (χ2n) is 6.10. The normalized spacial score (nSPS) is 11.3. The van der Waals surface area contributed by atoms with Crippen LogP contribution >= 0.6 is 0 Å². The molecule has 0 fully saturated rings. The van der Waals surface area contributed by atoms with E-state index < -0.39 is 25.9 Å². The number of sulfone groups is 1. The zero-order valence-corrected chi connectivity index (χ0v) is 15.9. The first-order chi connectivity index (χ1) is 12.6. The molecule has 0 radical (unpaired) electrons. The van der Waals surface area contributed by atoms with E-state index >= 15 is 0 Å². The molecule has 0 aliphatic rings. The Hall–Kier alpha value is -2.94. The number of methoxy groups -OCH3 is 1. The molecule has 0 atom stereocenters. The molecule has 144 valence electrons. The van der Waals surface area contributed by atoms with Gasteiger partial charge in [0.2, 0.25) is 5.91 Å². The third kappa shape index (κ3) is 4.82. The molecule has 8 nitrogen and oxygen atoms in total. The van der Waals surface area contributed by atoms with Gasteiger partial charge in [0, 0.05) is 0 Å². The molecule has 0 aliphatic heterocycles. The van der Waals surface area contributed by atoms with E-state index in [1.54, 1.807) is 26.0 Å². The number of carbonyl (C=O) groups is 1. The highest BCUT2D eigenvalue weighted by Gasteiger charge is 2.20. The van der Waals surface area contributed by atoms with Gasteiger partial charge < -0.3 is 10.1 Å². The maximum absolute atomic E-state index is 12.2. The predicted octanol–water partition coefficient (Wildman–Crippen LogP) is 2.97. The number of rotatable bonds is 7. The van der Waals surface area contributed by atoms with E-state index in [0.717, 1.165) is 0 Å². The van der Waals surface area contributed by atoms with Crippen LogP contribution in [-0.4, -0.2) is 31.6 Å². The molecule has 0 spiro atoms. The maximum atomic E-state index is 12.2. The summed E-state index contributed by atoms with van der Waals surface area (Å²) in [7, 11) is -1.99. The van der Waals surface area contributed by atoms with Crippen LogP contribution in [0.25, 0.3) is 0 Å². The number of nitro benzene ring substituents is 1. The van der Waals surface area contributed by atoms with E-state index in [-0.39, 0.29) is 22.7 Å². The Labute approximate surface area is 157 Å². The summed E-state index contributed by atoms with van der Waals surface area (Å²) < 4.78 is 29.2. The number of anilines is 1. The minimum Gasteiger partial charge on any atom is -0.496 e. The van der Waals surface area contributed by atoms with E-state index in [2.05, 4.69) is 5.32 Å². The minimum atomic E-state index is -3.38. The lowest BCUT2D eigenvalue weighted by molar-refractivity contribution is -0.384. The lowest BCUT2D eigenvalue weighted by atomic mass is 10.1. The summed E-state index contributed by atoms with van der Waals surface area (Å²) in [5.41, 5.74) is 0.372. The van der Waals surface area contributed by atoms with E-state index in [9.17, 15) is 23.3 Å². The molecule has 2 aromatic rings. The van der Waals surface area contributed by atoms with E-state index in [1.165, 1.54) is 37.4 Å². The van der Waals surface area contributed by atoms with Gasteiger partial charge in [-0.1, -0.05) is 12.1 Å². The molecule has 9 heteroatoms. The number of nitrogens with zero attached hydrogens (tertiary/aromatic N) is 1. The Bertz CT molecular complexity index is 952. The van der Waals surface area contributed by atoms with Crippen molar-refractivity contribution in [2.24, 2.45) is 0 Å². The molecular formula is C18H20N2O6S. The summed E-state index contributed by atoms with van der Waals surface area (Å²) in [4.78, 5) is 23.0. The fourth-order valence-electron chi connectivity index (χ4n) is 2.34. The van der Waals surface area contributed by atoms with Crippen LogP contribution in [0.5, 0.6) is 5.75 Å². The Balaban J connectivity index is 2.14. The van der Waals surface area contributed by atoms with Crippen molar-refractivity contribution in [3.05, 3.63) is 58.1 Å². The average Bonchev–Trinajstić information content (AvgIpc) is 2.62.